The number of ether oxygens (including phenoxy) is 3. The van der Waals surface area contributed by atoms with Crippen molar-refractivity contribution >= 4 is 23.5 Å². The third-order valence-electron chi connectivity index (χ3n) is 5.09. The SMILES string of the molecule is CCCCC(CC)COC(=O)CCSc1ccnc2c1OCC1(COC1)N2. The number of nitrogens with zero attached hydrogens (tertiary/aromatic N) is 1. The smallest absolute Gasteiger partial charge is 0.306 e. The molecule has 1 fully saturated rings. The van der Waals surface area contributed by atoms with Crippen LogP contribution in [0.4, 0.5) is 5.82 Å². The molecule has 0 saturated carbocycles. The van der Waals surface area contributed by atoms with Crippen molar-refractivity contribution in [2.24, 2.45) is 5.92 Å². The van der Waals surface area contributed by atoms with Crippen LogP contribution >= 0.6 is 11.8 Å². The Labute approximate surface area is 165 Å². The molecule has 1 atom stereocenters. The van der Waals surface area contributed by atoms with Crippen LogP contribution in [0.15, 0.2) is 17.2 Å². The molecule has 1 aromatic rings. The van der Waals surface area contributed by atoms with Gasteiger partial charge < -0.3 is 19.5 Å². The van der Waals surface area contributed by atoms with E-state index in [2.05, 4.69) is 24.1 Å². The molecule has 1 unspecified atom stereocenters. The summed E-state index contributed by atoms with van der Waals surface area (Å²) in [4.78, 5) is 17.4. The lowest BCUT2D eigenvalue weighted by Crippen LogP contribution is -2.61. The maximum Gasteiger partial charge on any atom is 0.306 e. The first-order chi connectivity index (χ1) is 13.2. The van der Waals surface area contributed by atoms with E-state index in [9.17, 15) is 4.79 Å². The third kappa shape index (κ3) is 5.29. The maximum atomic E-state index is 12.0. The first-order valence-electron chi connectivity index (χ1n) is 9.92. The highest BCUT2D eigenvalue weighted by atomic mass is 32.2. The summed E-state index contributed by atoms with van der Waals surface area (Å²) >= 11 is 1.61. The molecule has 2 aliphatic rings. The number of thioether (sulfide) groups is 1. The first-order valence-corrected chi connectivity index (χ1v) is 10.9. The number of unbranched alkanes of at least 4 members (excludes halogenated alkanes) is 1. The Morgan fingerprint density at radius 3 is 2.96 bits per heavy atom. The summed E-state index contributed by atoms with van der Waals surface area (Å²) in [5.74, 6) is 2.57. The summed E-state index contributed by atoms with van der Waals surface area (Å²) in [6, 6.07) is 1.93. The molecule has 1 spiro atoms. The molecule has 0 aliphatic carbocycles. The van der Waals surface area contributed by atoms with Crippen LogP contribution in [-0.4, -0.2) is 48.7 Å². The van der Waals surface area contributed by atoms with Crippen LogP contribution in [0.3, 0.4) is 0 Å². The van der Waals surface area contributed by atoms with Crippen LogP contribution in [0.5, 0.6) is 5.75 Å². The summed E-state index contributed by atoms with van der Waals surface area (Å²) in [6.07, 6.45) is 6.74. The Bertz CT molecular complexity index is 636. The molecule has 1 aromatic heterocycles. The fourth-order valence-electron chi connectivity index (χ4n) is 3.20. The highest BCUT2D eigenvalue weighted by Crippen LogP contribution is 2.40. The van der Waals surface area contributed by atoms with Gasteiger partial charge >= 0.3 is 5.97 Å². The van der Waals surface area contributed by atoms with Crippen molar-refractivity contribution in [3.63, 3.8) is 0 Å². The van der Waals surface area contributed by atoms with Gasteiger partial charge in [0.1, 0.15) is 12.1 Å². The minimum absolute atomic E-state index is 0.120. The fourth-order valence-corrected chi connectivity index (χ4v) is 4.13. The van der Waals surface area contributed by atoms with Gasteiger partial charge in [-0.05, 0) is 18.4 Å². The molecule has 150 valence electrons. The van der Waals surface area contributed by atoms with Gasteiger partial charge in [-0.3, -0.25) is 4.79 Å². The standard InChI is InChI=1S/C20H30N2O4S/c1-3-5-6-15(4-2)11-25-17(23)8-10-27-16-7-9-21-19-18(16)26-14-20(22-19)12-24-13-20/h7,9,15H,3-6,8,10-14H2,1-2H3,(H,21,22). The predicted octanol–water partition coefficient (Wildman–Crippen LogP) is 3.90. The van der Waals surface area contributed by atoms with Gasteiger partial charge in [-0.1, -0.05) is 33.1 Å². The molecule has 1 saturated heterocycles. The number of carbonyl (C=O) groups is 1. The van der Waals surface area contributed by atoms with Crippen LogP contribution in [0.2, 0.25) is 0 Å². The Balaban J connectivity index is 1.43. The highest BCUT2D eigenvalue weighted by Gasteiger charge is 2.43. The second kappa shape index (κ2) is 9.64. The number of rotatable bonds is 10. The van der Waals surface area contributed by atoms with Crippen LogP contribution in [0, 0.1) is 5.92 Å². The van der Waals surface area contributed by atoms with Crippen molar-refractivity contribution in [1.29, 1.82) is 0 Å². The van der Waals surface area contributed by atoms with Gasteiger partial charge in [-0.25, -0.2) is 4.98 Å². The van der Waals surface area contributed by atoms with E-state index in [-0.39, 0.29) is 11.5 Å². The van der Waals surface area contributed by atoms with E-state index in [1.165, 1.54) is 12.8 Å². The highest BCUT2D eigenvalue weighted by molar-refractivity contribution is 7.99. The van der Waals surface area contributed by atoms with E-state index in [0.717, 1.165) is 29.3 Å². The summed E-state index contributed by atoms with van der Waals surface area (Å²) in [6.45, 7) is 6.76. The van der Waals surface area contributed by atoms with Crippen molar-refractivity contribution in [3.05, 3.63) is 12.3 Å². The number of anilines is 1. The molecule has 0 bridgehead atoms. The van der Waals surface area contributed by atoms with Gasteiger partial charge in [0.15, 0.2) is 11.6 Å². The summed E-state index contributed by atoms with van der Waals surface area (Å²) < 4.78 is 16.7. The zero-order chi connectivity index (χ0) is 19.1. The molecular weight excluding hydrogens is 364 g/mol. The molecule has 7 heteroatoms. The molecule has 3 heterocycles. The van der Waals surface area contributed by atoms with Gasteiger partial charge in [0, 0.05) is 11.9 Å². The molecule has 6 nitrogen and oxygen atoms in total. The average molecular weight is 395 g/mol. The van der Waals surface area contributed by atoms with Crippen molar-refractivity contribution in [2.75, 3.05) is 37.5 Å². The van der Waals surface area contributed by atoms with E-state index in [1.54, 1.807) is 18.0 Å². The Morgan fingerprint density at radius 2 is 2.26 bits per heavy atom. The number of hydrogen-bond donors (Lipinski definition) is 1. The van der Waals surface area contributed by atoms with Crippen molar-refractivity contribution < 1.29 is 19.0 Å². The number of aromatic nitrogens is 1. The zero-order valence-corrected chi connectivity index (χ0v) is 17.1. The van der Waals surface area contributed by atoms with Gasteiger partial charge in [0.2, 0.25) is 0 Å². The third-order valence-corrected chi connectivity index (χ3v) is 6.13. The maximum absolute atomic E-state index is 12.0. The van der Waals surface area contributed by atoms with Crippen LogP contribution in [-0.2, 0) is 14.3 Å². The molecular formula is C20H30N2O4S. The van der Waals surface area contributed by atoms with Crippen LogP contribution in [0.25, 0.3) is 0 Å². The van der Waals surface area contributed by atoms with E-state index in [0.29, 0.717) is 44.5 Å². The Hall–Kier alpha value is -1.47. The van der Waals surface area contributed by atoms with Gasteiger partial charge in [0.25, 0.3) is 0 Å². The number of pyridine rings is 1. The fraction of sp³-hybridized carbons (Fsp3) is 0.700. The van der Waals surface area contributed by atoms with E-state index in [4.69, 9.17) is 14.2 Å². The second-order valence-corrected chi connectivity index (χ2v) is 8.51. The monoisotopic (exact) mass is 394 g/mol. The van der Waals surface area contributed by atoms with Crippen molar-refractivity contribution in [3.8, 4) is 5.75 Å². The molecule has 3 rings (SSSR count). The summed E-state index contributed by atoms with van der Waals surface area (Å²) in [5, 5.41) is 3.44. The van der Waals surface area contributed by atoms with Gasteiger partial charge in [-0.2, -0.15) is 0 Å². The minimum Gasteiger partial charge on any atom is -0.486 e. The topological polar surface area (TPSA) is 69.7 Å². The van der Waals surface area contributed by atoms with E-state index < -0.39 is 0 Å². The number of nitrogens with one attached hydrogen (secondary N) is 1. The quantitative estimate of drug-likeness (QED) is 0.477. The largest absolute Gasteiger partial charge is 0.486 e. The van der Waals surface area contributed by atoms with E-state index >= 15 is 0 Å². The van der Waals surface area contributed by atoms with Gasteiger partial charge in [0.05, 0.1) is 31.1 Å². The van der Waals surface area contributed by atoms with Gasteiger partial charge in [-0.15, -0.1) is 11.8 Å². The lowest BCUT2D eigenvalue weighted by Gasteiger charge is -2.45. The van der Waals surface area contributed by atoms with Crippen molar-refractivity contribution in [2.45, 2.75) is 56.4 Å². The number of fused-ring (bicyclic) bond motifs is 1. The zero-order valence-electron chi connectivity index (χ0n) is 16.3. The van der Waals surface area contributed by atoms with Crippen LogP contribution < -0.4 is 10.1 Å². The summed E-state index contributed by atoms with van der Waals surface area (Å²) in [7, 11) is 0. The lowest BCUT2D eigenvalue weighted by molar-refractivity contribution is -0.144. The second-order valence-electron chi connectivity index (χ2n) is 7.37. The van der Waals surface area contributed by atoms with Crippen molar-refractivity contribution in [1.82, 2.24) is 4.98 Å². The molecule has 27 heavy (non-hydrogen) atoms. The predicted molar refractivity (Wildman–Crippen MR) is 107 cm³/mol. The lowest BCUT2D eigenvalue weighted by atomic mass is 9.97. The molecule has 2 aliphatic heterocycles. The molecule has 0 amide bonds. The number of hydrogen-bond acceptors (Lipinski definition) is 7. The Kier molecular flexibility index (Phi) is 7.24. The molecule has 0 aromatic carbocycles. The molecule has 1 N–H and O–H groups in total. The number of esters is 1. The minimum atomic E-state index is -0.124. The average Bonchev–Trinajstić information content (AvgIpc) is 2.66. The number of carbonyl (C=O) groups excluding carboxylic acids is 1. The first kappa shape index (κ1) is 20.3. The Morgan fingerprint density at radius 1 is 1.41 bits per heavy atom. The van der Waals surface area contributed by atoms with E-state index in [1.807, 2.05) is 6.07 Å². The molecule has 0 radical (unpaired) electrons. The van der Waals surface area contributed by atoms with Crippen LogP contribution in [0.1, 0.15) is 46.0 Å². The summed E-state index contributed by atoms with van der Waals surface area (Å²) in [5.41, 5.74) is -0.124. The normalized spacial score (nSPS) is 18.0.